The van der Waals surface area contributed by atoms with Crippen molar-refractivity contribution in [2.45, 2.75) is 0 Å². The summed E-state index contributed by atoms with van der Waals surface area (Å²) in [5.41, 5.74) is 15.2. The Morgan fingerprint density at radius 1 is 0.328 bits per heavy atom. The molecule has 270 valence electrons. The summed E-state index contributed by atoms with van der Waals surface area (Å²) in [4.78, 5) is 14.0. The summed E-state index contributed by atoms with van der Waals surface area (Å²) >= 11 is 0. The molecule has 0 bridgehead atoms. The summed E-state index contributed by atoms with van der Waals surface area (Å²) < 4.78 is 4.88. The number of fused-ring (bicyclic) bond motifs is 11. The van der Waals surface area contributed by atoms with Crippen LogP contribution in [0.2, 0.25) is 0 Å². The van der Waals surface area contributed by atoms with Gasteiger partial charge in [-0.1, -0.05) is 121 Å². The Morgan fingerprint density at radius 2 is 0.845 bits per heavy atom. The first-order valence-electron chi connectivity index (χ1n) is 19.6. The van der Waals surface area contributed by atoms with Crippen molar-refractivity contribution in [3.05, 3.63) is 201 Å². The number of rotatable bonds is 5. The summed E-state index contributed by atoms with van der Waals surface area (Å²) in [6.45, 7) is 0. The topological polar surface area (TPSA) is 48.0 Å². The molecule has 0 amide bonds. The van der Waals surface area contributed by atoms with Gasteiger partial charge in [0.2, 0.25) is 0 Å². The maximum atomic E-state index is 5.35. The zero-order valence-electron chi connectivity index (χ0n) is 31.3. The second kappa shape index (κ2) is 12.8. The molecular weight excluding hydrogens is 707 g/mol. The van der Waals surface area contributed by atoms with Crippen LogP contribution in [0.4, 0.5) is 0 Å². The lowest BCUT2D eigenvalue weighted by atomic mass is 10.0. The standard InChI is InChI=1S/C53H33N5/c1-2-13-44-42(11-1)43-12-3-6-16-50(43)58-51-31-53-46(27-40(51)28-52(44)58)45-14-4-5-15-49(45)57(53)41-29-47(36-21-17-34(18-22-36)38-9-7-25-54-32-38)56-48(30-41)37-23-19-35(20-24-37)39-10-8-26-55-33-39/h1-33H. The molecule has 0 N–H and O–H groups in total. The van der Waals surface area contributed by atoms with Crippen LogP contribution in [0.1, 0.15) is 0 Å². The Kier molecular flexibility index (Phi) is 7.16. The smallest absolute Gasteiger partial charge is 0.0730 e. The minimum Gasteiger partial charge on any atom is -0.309 e. The molecule has 6 aromatic carbocycles. The second-order valence-electron chi connectivity index (χ2n) is 14.9. The number of pyridine rings is 4. The highest BCUT2D eigenvalue weighted by molar-refractivity contribution is 6.19. The van der Waals surface area contributed by atoms with Crippen molar-refractivity contribution in [3.8, 4) is 50.5 Å². The third-order valence-corrected chi connectivity index (χ3v) is 11.7. The van der Waals surface area contributed by atoms with Crippen LogP contribution in [0.3, 0.4) is 0 Å². The molecule has 0 aliphatic carbocycles. The van der Waals surface area contributed by atoms with E-state index >= 15 is 0 Å². The lowest BCUT2D eigenvalue weighted by Gasteiger charge is -2.14. The highest BCUT2D eigenvalue weighted by Gasteiger charge is 2.19. The number of nitrogens with zero attached hydrogens (tertiary/aromatic N) is 5. The molecule has 0 unspecified atom stereocenters. The molecule has 58 heavy (non-hydrogen) atoms. The molecule has 0 radical (unpaired) electrons. The van der Waals surface area contributed by atoms with E-state index in [9.17, 15) is 0 Å². The van der Waals surface area contributed by atoms with Gasteiger partial charge in [0.25, 0.3) is 0 Å². The number of hydrogen-bond acceptors (Lipinski definition) is 3. The lowest BCUT2D eigenvalue weighted by Crippen LogP contribution is -1.98. The van der Waals surface area contributed by atoms with Gasteiger partial charge in [0, 0.05) is 62.8 Å². The van der Waals surface area contributed by atoms with Gasteiger partial charge >= 0.3 is 0 Å². The van der Waals surface area contributed by atoms with E-state index in [0.717, 1.165) is 61.5 Å². The molecule has 0 saturated heterocycles. The highest BCUT2D eigenvalue weighted by atomic mass is 15.0. The van der Waals surface area contributed by atoms with Crippen molar-refractivity contribution in [1.29, 1.82) is 0 Å². The predicted molar refractivity (Wildman–Crippen MR) is 239 cm³/mol. The predicted octanol–water partition coefficient (Wildman–Crippen LogP) is 13.3. The molecular formula is C53H33N5. The summed E-state index contributed by atoms with van der Waals surface area (Å²) in [5, 5.41) is 7.42. The van der Waals surface area contributed by atoms with Crippen LogP contribution in [0.25, 0.3) is 110 Å². The van der Waals surface area contributed by atoms with Gasteiger partial charge in [-0.3, -0.25) is 9.97 Å². The van der Waals surface area contributed by atoms with Crippen LogP contribution in [0.5, 0.6) is 0 Å². The molecule has 6 aromatic heterocycles. The fraction of sp³-hybridized carbons (Fsp3) is 0. The van der Waals surface area contributed by atoms with E-state index in [1.807, 2.05) is 24.5 Å². The average Bonchev–Trinajstić information content (AvgIpc) is 3.84. The Balaban J connectivity index is 1.11. The minimum absolute atomic E-state index is 0.902. The highest BCUT2D eigenvalue weighted by Crippen LogP contribution is 2.40. The van der Waals surface area contributed by atoms with Crippen LogP contribution in [0.15, 0.2) is 201 Å². The zero-order valence-corrected chi connectivity index (χ0v) is 31.3. The quantitative estimate of drug-likeness (QED) is 0.165. The van der Waals surface area contributed by atoms with Crippen molar-refractivity contribution >= 4 is 59.9 Å². The third kappa shape index (κ3) is 5.07. The molecule has 0 saturated carbocycles. The molecule has 0 spiro atoms. The van der Waals surface area contributed by atoms with E-state index in [-0.39, 0.29) is 0 Å². The molecule has 6 heterocycles. The Labute approximate surface area is 333 Å². The Morgan fingerprint density at radius 3 is 1.43 bits per heavy atom. The maximum Gasteiger partial charge on any atom is 0.0730 e. The normalized spacial score (nSPS) is 11.8. The number of benzene rings is 6. The average molecular weight is 740 g/mol. The fourth-order valence-corrected chi connectivity index (χ4v) is 8.92. The molecule has 12 rings (SSSR count). The van der Waals surface area contributed by atoms with E-state index in [4.69, 9.17) is 4.98 Å². The van der Waals surface area contributed by atoms with E-state index in [2.05, 4.69) is 183 Å². The largest absolute Gasteiger partial charge is 0.309 e. The van der Waals surface area contributed by atoms with Crippen LogP contribution in [0, 0.1) is 0 Å². The van der Waals surface area contributed by atoms with Gasteiger partial charge in [0.1, 0.15) is 0 Å². The maximum absolute atomic E-state index is 5.35. The molecule has 0 aliphatic rings. The zero-order chi connectivity index (χ0) is 38.2. The molecule has 12 aromatic rings. The first-order valence-corrected chi connectivity index (χ1v) is 19.6. The monoisotopic (exact) mass is 739 g/mol. The van der Waals surface area contributed by atoms with Crippen molar-refractivity contribution in [1.82, 2.24) is 23.9 Å². The van der Waals surface area contributed by atoms with Crippen molar-refractivity contribution in [2.75, 3.05) is 0 Å². The molecule has 0 fully saturated rings. The van der Waals surface area contributed by atoms with Crippen LogP contribution >= 0.6 is 0 Å². The summed E-state index contributed by atoms with van der Waals surface area (Å²) in [6, 6.07) is 63.4. The first-order chi connectivity index (χ1) is 28.7. The van der Waals surface area contributed by atoms with E-state index in [0.29, 0.717) is 0 Å². The lowest BCUT2D eigenvalue weighted by molar-refractivity contribution is 1.16. The summed E-state index contributed by atoms with van der Waals surface area (Å²) in [7, 11) is 0. The van der Waals surface area contributed by atoms with Gasteiger partial charge in [0.15, 0.2) is 0 Å². The number of para-hydroxylation sites is 2. The molecule has 5 heteroatoms. The van der Waals surface area contributed by atoms with Crippen LogP contribution < -0.4 is 0 Å². The van der Waals surface area contributed by atoms with Gasteiger partial charge in [-0.2, -0.15) is 0 Å². The van der Waals surface area contributed by atoms with Gasteiger partial charge in [-0.15, -0.1) is 0 Å². The van der Waals surface area contributed by atoms with Gasteiger partial charge < -0.3 is 8.97 Å². The SMILES string of the molecule is c1cncc(-c2ccc(-c3cc(-n4c5ccccc5c5cc6cc7c8ccccc8c8ccccc8n7c6cc54)cc(-c4ccc(-c5cccnc5)cc4)n3)cc2)c1. The van der Waals surface area contributed by atoms with Gasteiger partial charge in [-0.25, -0.2) is 4.98 Å². The molecule has 0 aliphatic heterocycles. The first kappa shape index (κ1) is 32.4. The Hall–Kier alpha value is -7.89. The molecule has 0 atom stereocenters. The number of aromatic nitrogens is 5. The van der Waals surface area contributed by atoms with Crippen molar-refractivity contribution < 1.29 is 0 Å². The minimum atomic E-state index is 0.902. The van der Waals surface area contributed by atoms with Crippen molar-refractivity contribution in [3.63, 3.8) is 0 Å². The number of hydrogen-bond donors (Lipinski definition) is 0. The summed E-state index contributed by atoms with van der Waals surface area (Å²) in [5.74, 6) is 0. The van der Waals surface area contributed by atoms with Crippen LogP contribution in [-0.2, 0) is 0 Å². The fourth-order valence-electron chi connectivity index (χ4n) is 8.92. The molecule has 5 nitrogen and oxygen atoms in total. The van der Waals surface area contributed by atoms with Gasteiger partial charge in [-0.05, 0) is 82.2 Å². The van der Waals surface area contributed by atoms with Crippen molar-refractivity contribution in [2.24, 2.45) is 0 Å². The van der Waals surface area contributed by atoms with E-state index < -0.39 is 0 Å². The summed E-state index contributed by atoms with van der Waals surface area (Å²) in [6.07, 6.45) is 7.42. The van der Waals surface area contributed by atoms with Crippen LogP contribution in [-0.4, -0.2) is 23.9 Å². The van der Waals surface area contributed by atoms with Gasteiger partial charge in [0.05, 0.1) is 44.7 Å². The van der Waals surface area contributed by atoms with E-state index in [1.165, 1.54) is 48.9 Å². The van der Waals surface area contributed by atoms with E-state index in [1.54, 1.807) is 12.4 Å². The second-order valence-corrected chi connectivity index (χ2v) is 14.9. The third-order valence-electron chi connectivity index (χ3n) is 11.7. The Bertz CT molecular complexity index is 3430.